The lowest BCUT2D eigenvalue weighted by molar-refractivity contribution is -0.136. The van der Waals surface area contributed by atoms with Gasteiger partial charge in [-0.05, 0) is 50.3 Å². The van der Waals surface area contributed by atoms with Crippen LogP contribution in [0, 0.1) is 0 Å². The van der Waals surface area contributed by atoms with Crippen LogP contribution < -0.4 is 0 Å². The molecule has 2 fully saturated rings. The van der Waals surface area contributed by atoms with Gasteiger partial charge in [0.1, 0.15) is 0 Å². The highest BCUT2D eigenvalue weighted by molar-refractivity contribution is 7.91. The van der Waals surface area contributed by atoms with Crippen LogP contribution in [0.3, 0.4) is 0 Å². The first-order chi connectivity index (χ1) is 13.4. The summed E-state index contributed by atoms with van der Waals surface area (Å²) in [5, 5.41) is 0. The molecule has 0 N–H and O–H groups in total. The van der Waals surface area contributed by atoms with Gasteiger partial charge < -0.3 is 9.64 Å². The summed E-state index contributed by atoms with van der Waals surface area (Å²) >= 11 is 0. The van der Waals surface area contributed by atoms with E-state index in [0.717, 1.165) is 32.3 Å². The second-order valence-electron chi connectivity index (χ2n) is 8.41. The van der Waals surface area contributed by atoms with Crippen LogP contribution in [0.5, 0.6) is 0 Å². The maximum absolute atomic E-state index is 13.2. The molecule has 4 rings (SSSR count). The van der Waals surface area contributed by atoms with E-state index in [1.807, 2.05) is 7.05 Å². The van der Waals surface area contributed by atoms with Crippen LogP contribution in [0.2, 0.25) is 0 Å². The minimum absolute atomic E-state index is 0.0180. The van der Waals surface area contributed by atoms with Gasteiger partial charge in [-0.15, -0.1) is 0 Å². The summed E-state index contributed by atoms with van der Waals surface area (Å²) in [6.45, 7) is 1.55. The third kappa shape index (κ3) is 4.26. The highest BCUT2D eigenvalue weighted by Gasteiger charge is 2.37. The van der Waals surface area contributed by atoms with Crippen molar-refractivity contribution in [2.45, 2.75) is 50.3 Å². The predicted molar refractivity (Wildman–Crippen MR) is 108 cm³/mol. The van der Waals surface area contributed by atoms with Crippen molar-refractivity contribution >= 4 is 15.7 Å². The molecule has 0 spiro atoms. The van der Waals surface area contributed by atoms with Crippen LogP contribution in [0.4, 0.5) is 0 Å². The van der Waals surface area contributed by atoms with Gasteiger partial charge in [-0.3, -0.25) is 9.69 Å². The molecule has 28 heavy (non-hydrogen) atoms. The van der Waals surface area contributed by atoms with Gasteiger partial charge in [0.05, 0.1) is 24.2 Å². The first-order valence-corrected chi connectivity index (χ1v) is 12.1. The standard InChI is InChI=1S/C21H30N2O4S/c1-22(20-9-8-16-5-2-3-7-19(16)20)14-21(24)23(13-18-6-4-11-27-18)17-10-12-28(25,26)15-17/h2-3,5,7,17-18,20H,4,6,8-15H2,1H3. The number of hydrogen-bond acceptors (Lipinski definition) is 5. The predicted octanol–water partition coefficient (Wildman–Crippen LogP) is 1.80. The van der Waals surface area contributed by atoms with Gasteiger partial charge in [-0.2, -0.15) is 0 Å². The number of ether oxygens (including phenoxy) is 1. The molecule has 6 nitrogen and oxygen atoms in total. The van der Waals surface area contributed by atoms with E-state index in [1.165, 1.54) is 11.1 Å². The number of sulfone groups is 1. The minimum Gasteiger partial charge on any atom is -0.376 e. The fraction of sp³-hybridized carbons (Fsp3) is 0.667. The number of hydrogen-bond donors (Lipinski definition) is 0. The molecule has 1 aromatic rings. The molecule has 3 atom stereocenters. The van der Waals surface area contributed by atoms with E-state index in [4.69, 9.17) is 4.74 Å². The Kier molecular flexibility index (Phi) is 5.76. The van der Waals surface area contributed by atoms with E-state index in [-0.39, 0.29) is 35.6 Å². The first-order valence-electron chi connectivity index (χ1n) is 10.3. The lowest BCUT2D eigenvalue weighted by atomic mass is 10.1. The summed E-state index contributed by atoms with van der Waals surface area (Å²) in [5.41, 5.74) is 2.68. The van der Waals surface area contributed by atoms with Crippen LogP contribution in [0.1, 0.15) is 42.9 Å². The Bertz CT molecular complexity index is 819. The molecule has 0 saturated carbocycles. The molecule has 1 amide bonds. The molecule has 2 saturated heterocycles. The summed E-state index contributed by atoms with van der Waals surface area (Å²) in [5.74, 6) is 0.282. The third-order valence-electron chi connectivity index (χ3n) is 6.41. The van der Waals surface area contributed by atoms with Gasteiger partial charge >= 0.3 is 0 Å². The molecule has 0 radical (unpaired) electrons. The molecule has 1 aromatic carbocycles. The van der Waals surface area contributed by atoms with E-state index in [0.29, 0.717) is 19.5 Å². The first kappa shape index (κ1) is 19.9. The topological polar surface area (TPSA) is 66.9 Å². The second kappa shape index (κ2) is 8.13. The Hall–Kier alpha value is -1.44. The molecule has 1 aliphatic carbocycles. The third-order valence-corrected chi connectivity index (χ3v) is 8.16. The number of carbonyl (C=O) groups excluding carboxylic acids is 1. The van der Waals surface area contributed by atoms with Crippen LogP contribution in [0.25, 0.3) is 0 Å². The molecule has 2 aliphatic heterocycles. The second-order valence-corrected chi connectivity index (χ2v) is 10.6. The number of amides is 1. The number of likely N-dealkylation sites (N-methyl/N-ethyl adjacent to an activating group) is 1. The largest absolute Gasteiger partial charge is 0.376 e. The normalized spacial score (nSPS) is 28.6. The van der Waals surface area contributed by atoms with Gasteiger partial charge in [-0.25, -0.2) is 8.42 Å². The van der Waals surface area contributed by atoms with E-state index in [2.05, 4.69) is 29.2 Å². The number of nitrogens with zero attached hydrogens (tertiary/aromatic N) is 2. The van der Waals surface area contributed by atoms with Crippen LogP contribution in [-0.4, -0.2) is 74.5 Å². The molecular formula is C21H30N2O4S. The van der Waals surface area contributed by atoms with E-state index < -0.39 is 9.84 Å². The van der Waals surface area contributed by atoms with Crippen molar-refractivity contribution < 1.29 is 17.9 Å². The van der Waals surface area contributed by atoms with Crippen LogP contribution in [0.15, 0.2) is 24.3 Å². The lowest BCUT2D eigenvalue weighted by Crippen LogP contribution is -2.49. The average molecular weight is 407 g/mol. The fourth-order valence-corrected chi connectivity index (χ4v) is 6.62. The summed E-state index contributed by atoms with van der Waals surface area (Å²) in [4.78, 5) is 17.2. The maximum Gasteiger partial charge on any atom is 0.237 e. The molecule has 3 unspecified atom stereocenters. The Balaban J connectivity index is 1.46. The van der Waals surface area contributed by atoms with Crippen molar-refractivity contribution in [2.75, 3.05) is 38.2 Å². The maximum atomic E-state index is 13.2. The quantitative estimate of drug-likeness (QED) is 0.721. The summed E-state index contributed by atoms with van der Waals surface area (Å²) in [7, 11) is -1.04. The zero-order valence-corrected chi connectivity index (χ0v) is 17.4. The zero-order chi connectivity index (χ0) is 19.7. The molecule has 3 aliphatic rings. The molecule has 154 valence electrons. The van der Waals surface area contributed by atoms with Gasteiger partial charge in [0.15, 0.2) is 9.84 Å². The SMILES string of the molecule is CN(CC(=O)N(CC1CCCO1)C1CCS(=O)(=O)C1)C1CCc2ccccc21. The minimum atomic E-state index is -3.04. The molecule has 0 bridgehead atoms. The Morgan fingerprint density at radius 2 is 2.04 bits per heavy atom. The van der Waals surface area contributed by atoms with Crippen LogP contribution >= 0.6 is 0 Å². The summed E-state index contributed by atoms with van der Waals surface area (Å²) < 4.78 is 29.7. The van der Waals surface area contributed by atoms with Crippen molar-refractivity contribution in [3.05, 3.63) is 35.4 Å². The van der Waals surface area contributed by atoms with E-state index >= 15 is 0 Å². The number of aryl methyl sites for hydroxylation is 1. The molecular weight excluding hydrogens is 376 g/mol. The van der Waals surface area contributed by atoms with Gasteiger partial charge in [-0.1, -0.05) is 24.3 Å². The van der Waals surface area contributed by atoms with Crippen molar-refractivity contribution in [3.63, 3.8) is 0 Å². The molecule has 7 heteroatoms. The van der Waals surface area contributed by atoms with Crippen LogP contribution in [-0.2, 0) is 25.8 Å². The van der Waals surface area contributed by atoms with Gasteiger partial charge in [0.25, 0.3) is 0 Å². The van der Waals surface area contributed by atoms with Gasteiger partial charge in [0, 0.05) is 25.2 Å². The number of rotatable bonds is 6. The number of fused-ring (bicyclic) bond motifs is 1. The van der Waals surface area contributed by atoms with Crippen molar-refractivity contribution in [1.82, 2.24) is 9.80 Å². The number of benzene rings is 1. The fourth-order valence-electron chi connectivity index (χ4n) is 4.89. The average Bonchev–Trinajstić information content (AvgIpc) is 3.38. The smallest absolute Gasteiger partial charge is 0.237 e. The van der Waals surface area contributed by atoms with E-state index in [9.17, 15) is 13.2 Å². The van der Waals surface area contributed by atoms with E-state index in [1.54, 1.807) is 4.90 Å². The molecule has 0 aromatic heterocycles. The number of carbonyl (C=O) groups is 1. The van der Waals surface area contributed by atoms with Crippen molar-refractivity contribution in [3.8, 4) is 0 Å². The zero-order valence-electron chi connectivity index (χ0n) is 16.5. The highest BCUT2D eigenvalue weighted by Crippen LogP contribution is 2.34. The highest BCUT2D eigenvalue weighted by atomic mass is 32.2. The monoisotopic (exact) mass is 406 g/mol. The Morgan fingerprint density at radius 1 is 1.21 bits per heavy atom. The molecule has 2 heterocycles. The Morgan fingerprint density at radius 3 is 2.75 bits per heavy atom. The van der Waals surface area contributed by atoms with Gasteiger partial charge in [0.2, 0.25) is 5.91 Å². The summed E-state index contributed by atoms with van der Waals surface area (Å²) in [6.07, 6.45) is 4.58. The van der Waals surface area contributed by atoms with Crippen molar-refractivity contribution in [2.24, 2.45) is 0 Å². The Labute approximate surface area is 167 Å². The summed E-state index contributed by atoms with van der Waals surface area (Å²) in [6, 6.07) is 8.47. The lowest BCUT2D eigenvalue weighted by Gasteiger charge is -2.33. The van der Waals surface area contributed by atoms with Crippen molar-refractivity contribution in [1.29, 1.82) is 0 Å².